The average molecular weight is 136 g/mol. The zero-order chi connectivity index (χ0) is 7.56. The second-order valence-electron chi connectivity index (χ2n) is 2.16. The average Bonchev–Trinajstić information content (AvgIpc) is 2.04. The van der Waals surface area contributed by atoms with Crippen molar-refractivity contribution in [3.05, 3.63) is 40.1 Å². The minimum absolute atomic E-state index is 0.201. The van der Waals surface area contributed by atoms with E-state index in [2.05, 4.69) is 0 Å². The Morgan fingerprint density at radius 1 is 1.20 bits per heavy atom. The van der Waals surface area contributed by atoms with Gasteiger partial charge in [-0.1, -0.05) is 17.7 Å². The first-order valence-corrected chi connectivity index (χ1v) is 3.00. The maximum absolute atomic E-state index is 10.7. The summed E-state index contributed by atoms with van der Waals surface area (Å²) in [6, 6.07) is 6.11. The smallest absolute Gasteiger partial charge is 0.220 e. The largest absolute Gasteiger partial charge is 0.504 e. The lowest BCUT2D eigenvalue weighted by molar-refractivity contribution is 0.471. The predicted octanol–water partition coefficient (Wildman–Crippen LogP) is 1.06. The van der Waals surface area contributed by atoms with Crippen LogP contribution in [0.2, 0.25) is 0 Å². The van der Waals surface area contributed by atoms with Crippen molar-refractivity contribution >= 4 is 0 Å². The van der Waals surface area contributed by atoms with Crippen molar-refractivity contribution in [3.63, 3.8) is 0 Å². The van der Waals surface area contributed by atoms with Gasteiger partial charge in [-0.05, 0) is 19.1 Å². The molecule has 10 heavy (non-hydrogen) atoms. The SMILES string of the molecule is Cc1ccc(O)c(=O)cc1. The minimum atomic E-state index is -0.340. The van der Waals surface area contributed by atoms with Crippen LogP contribution in [0.15, 0.2) is 29.1 Å². The fraction of sp³-hybridized carbons (Fsp3) is 0.125. The van der Waals surface area contributed by atoms with Gasteiger partial charge in [0.25, 0.3) is 0 Å². The van der Waals surface area contributed by atoms with Gasteiger partial charge in [-0.3, -0.25) is 4.79 Å². The van der Waals surface area contributed by atoms with Crippen molar-refractivity contribution in [2.24, 2.45) is 0 Å². The van der Waals surface area contributed by atoms with Gasteiger partial charge in [0.2, 0.25) is 5.43 Å². The summed E-state index contributed by atoms with van der Waals surface area (Å²) >= 11 is 0. The van der Waals surface area contributed by atoms with Crippen molar-refractivity contribution in [3.8, 4) is 5.75 Å². The van der Waals surface area contributed by atoms with Crippen LogP contribution in [0.25, 0.3) is 0 Å². The van der Waals surface area contributed by atoms with E-state index < -0.39 is 0 Å². The first kappa shape index (κ1) is 6.81. The van der Waals surface area contributed by atoms with Crippen LogP contribution in [0, 0.1) is 6.92 Å². The van der Waals surface area contributed by atoms with Gasteiger partial charge in [-0.25, -0.2) is 0 Å². The van der Waals surface area contributed by atoms with E-state index >= 15 is 0 Å². The molecular weight excluding hydrogens is 128 g/mol. The van der Waals surface area contributed by atoms with Gasteiger partial charge in [0.15, 0.2) is 5.75 Å². The molecule has 1 aromatic rings. The highest BCUT2D eigenvalue weighted by Crippen LogP contribution is 1.99. The summed E-state index contributed by atoms with van der Waals surface area (Å²) in [5.41, 5.74) is 0.616. The maximum Gasteiger partial charge on any atom is 0.220 e. The molecule has 2 nitrogen and oxygen atoms in total. The number of hydrogen-bond donors (Lipinski definition) is 1. The van der Waals surface area contributed by atoms with Crippen LogP contribution >= 0.6 is 0 Å². The molecule has 0 radical (unpaired) electrons. The Labute approximate surface area is 58.8 Å². The molecule has 0 atom stereocenters. The third-order valence-electron chi connectivity index (χ3n) is 1.25. The van der Waals surface area contributed by atoms with Crippen molar-refractivity contribution in [1.82, 2.24) is 0 Å². The molecule has 1 N–H and O–H groups in total. The zero-order valence-corrected chi connectivity index (χ0v) is 5.66. The Hall–Kier alpha value is -1.31. The summed E-state index contributed by atoms with van der Waals surface area (Å²) in [5, 5.41) is 8.89. The Balaban J connectivity index is 3.43. The molecule has 52 valence electrons. The topological polar surface area (TPSA) is 37.3 Å². The predicted molar refractivity (Wildman–Crippen MR) is 39.1 cm³/mol. The molecule has 0 amide bonds. The molecule has 0 fully saturated rings. The standard InChI is InChI=1S/C8H8O2/c1-6-2-4-7(9)8(10)5-3-6/h2-5H,1H3,(H,9,10). The van der Waals surface area contributed by atoms with Crippen LogP contribution in [0.5, 0.6) is 5.75 Å². The fourth-order valence-corrected chi connectivity index (χ4v) is 0.641. The minimum Gasteiger partial charge on any atom is -0.504 e. The fourth-order valence-electron chi connectivity index (χ4n) is 0.641. The van der Waals surface area contributed by atoms with Crippen LogP contribution < -0.4 is 5.43 Å². The monoisotopic (exact) mass is 136 g/mol. The van der Waals surface area contributed by atoms with E-state index in [4.69, 9.17) is 5.11 Å². The van der Waals surface area contributed by atoms with Crippen molar-refractivity contribution < 1.29 is 5.11 Å². The Morgan fingerprint density at radius 2 is 1.80 bits per heavy atom. The first-order valence-electron chi connectivity index (χ1n) is 3.00. The number of aryl methyl sites for hydroxylation is 1. The van der Waals surface area contributed by atoms with Gasteiger partial charge in [-0.2, -0.15) is 0 Å². The maximum atomic E-state index is 10.7. The van der Waals surface area contributed by atoms with Crippen LogP contribution in [0.4, 0.5) is 0 Å². The quantitative estimate of drug-likeness (QED) is 0.579. The Kier molecular flexibility index (Phi) is 1.71. The number of rotatable bonds is 0. The van der Waals surface area contributed by atoms with Gasteiger partial charge in [0, 0.05) is 0 Å². The van der Waals surface area contributed by atoms with Gasteiger partial charge < -0.3 is 5.11 Å². The molecule has 0 spiro atoms. The van der Waals surface area contributed by atoms with Crippen molar-refractivity contribution in [2.75, 3.05) is 0 Å². The summed E-state index contributed by atoms with van der Waals surface area (Å²) in [7, 11) is 0. The highest BCUT2D eigenvalue weighted by atomic mass is 16.3. The third-order valence-corrected chi connectivity index (χ3v) is 1.25. The lowest BCUT2D eigenvalue weighted by atomic mass is 10.3. The Bertz CT molecular complexity index is 291. The summed E-state index contributed by atoms with van der Waals surface area (Å²) in [6.45, 7) is 1.86. The molecule has 0 aliphatic rings. The highest BCUT2D eigenvalue weighted by molar-refractivity contribution is 5.22. The van der Waals surface area contributed by atoms with Crippen LogP contribution in [-0.2, 0) is 0 Å². The normalized spacial score (nSPS) is 9.30. The molecule has 1 aromatic carbocycles. The second-order valence-corrected chi connectivity index (χ2v) is 2.16. The third kappa shape index (κ3) is 1.35. The van der Waals surface area contributed by atoms with Gasteiger partial charge in [0.05, 0.1) is 0 Å². The van der Waals surface area contributed by atoms with Crippen molar-refractivity contribution in [1.29, 1.82) is 0 Å². The van der Waals surface area contributed by atoms with Crippen LogP contribution in [0.3, 0.4) is 0 Å². The van der Waals surface area contributed by atoms with E-state index in [1.807, 2.05) is 6.92 Å². The van der Waals surface area contributed by atoms with Crippen molar-refractivity contribution in [2.45, 2.75) is 6.92 Å². The molecule has 0 heterocycles. The molecule has 1 rings (SSSR count). The second kappa shape index (κ2) is 2.52. The van der Waals surface area contributed by atoms with E-state index in [0.717, 1.165) is 5.56 Å². The molecule has 0 bridgehead atoms. The zero-order valence-electron chi connectivity index (χ0n) is 5.66. The molecule has 0 unspecified atom stereocenters. The summed E-state index contributed by atoms with van der Waals surface area (Å²) in [4.78, 5) is 10.7. The summed E-state index contributed by atoms with van der Waals surface area (Å²) < 4.78 is 0. The van der Waals surface area contributed by atoms with Gasteiger partial charge in [-0.15, -0.1) is 0 Å². The van der Waals surface area contributed by atoms with Gasteiger partial charge >= 0.3 is 0 Å². The number of aromatic hydroxyl groups is 1. The van der Waals surface area contributed by atoms with E-state index in [1.165, 1.54) is 12.1 Å². The number of hydrogen-bond acceptors (Lipinski definition) is 2. The van der Waals surface area contributed by atoms with E-state index in [9.17, 15) is 4.79 Å². The molecular formula is C8H8O2. The molecule has 2 heteroatoms. The molecule has 0 aromatic heterocycles. The molecule has 0 saturated heterocycles. The molecule has 0 saturated carbocycles. The van der Waals surface area contributed by atoms with Crippen LogP contribution in [-0.4, -0.2) is 5.11 Å². The lowest BCUT2D eigenvalue weighted by Gasteiger charge is -1.76. The van der Waals surface area contributed by atoms with E-state index in [1.54, 1.807) is 12.1 Å². The highest BCUT2D eigenvalue weighted by Gasteiger charge is 1.89. The van der Waals surface area contributed by atoms with E-state index in [-0.39, 0.29) is 11.2 Å². The van der Waals surface area contributed by atoms with E-state index in [0.29, 0.717) is 0 Å². The molecule has 0 aliphatic heterocycles. The first-order chi connectivity index (χ1) is 4.70. The summed E-state index contributed by atoms with van der Waals surface area (Å²) in [5.74, 6) is -0.201. The van der Waals surface area contributed by atoms with Gasteiger partial charge in [0.1, 0.15) is 0 Å². The Morgan fingerprint density at radius 3 is 2.50 bits per heavy atom. The lowest BCUT2D eigenvalue weighted by Crippen LogP contribution is -1.91. The van der Waals surface area contributed by atoms with Crippen LogP contribution in [0.1, 0.15) is 5.56 Å². The molecule has 0 aliphatic carbocycles. The summed E-state index contributed by atoms with van der Waals surface area (Å²) in [6.07, 6.45) is 0.